The van der Waals surface area contributed by atoms with E-state index in [2.05, 4.69) is 20.8 Å². The number of hydrogen-bond acceptors (Lipinski definition) is 5. The van der Waals surface area contributed by atoms with Gasteiger partial charge in [-0.15, -0.1) is 10.2 Å². The van der Waals surface area contributed by atoms with E-state index in [1.165, 1.54) is 0 Å². The Hall–Kier alpha value is -2.41. The number of methoxy groups -OCH3 is 1. The molecule has 0 saturated heterocycles. The van der Waals surface area contributed by atoms with E-state index in [1.807, 2.05) is 42.8 Å². The molecule has 1 aromatic carbocycles. The highest BCUT2D eigenvalue weighted by molar-refractivity contribution is 5.78. The van der Waals surface area contributed by atoms with Gasteiger partial charge in [0.1, 0.15) is 17.9 Å². The Kier molecular flexibility index (Phi) is 5.48. The smallest absolute Gasteiger partial charge is 0.234 e. The first-order valence-corrected chi connectivity index (χ1v) is 7.07. The highest BCUT2D eigenvalue weighted by Crippen LogP contribution is 2.16. The number of benzene rings is 1. The molecule has 0 saturated carbocycles. The van der Waals surface area contributed by atoms with Crippen molar-refractivity contribution in [2.75, 3.05) is 13.7 Å². The van der Waals surface area contributed by atoms with Gasteiger partial charge in [-0.05, 0) is 13.0 Å². The molecule has 7 nitrogen and oxygen atoms in total. The van der Waals surface area contributed by atoms with Crippen molar-refractivity contribution < 1.29 is 9.53 Å². The van der Waals surface area contributed by atoms with Gasteiger partial charge < -0.3 is 14.6 Å². The highest BCUT2D eigenvalue weighted by Gasteiger charge is 2.12. The molecule has 2 rings (SSSR count). The van der Waals surface area contributed by atoms with Crippen LogP contribution in [0.15, 0.2) is 30.6 Å². The van der Waals surface area contributed by atoms with Crippen LogP contribution in [0.2, 0.25) is 0 Å². The zero-order chi connectivity index (χ0) is 15.9. The van der Waals surface area contributed by atoms with E-state index in [4.69, 9.17) is 4.74 Å². The summed E-state index contributed by atoms with van der Waals surface area (Å²) in [4.78, 5) is 11.9. The Bertz CT molecular complexity index is 626. The summed E-state index contributed by atoms with van der Waals surface area (Å²) in [5, 5.41) is 13.8. The minimum atomic E-state index is -0.0834. The van der Waals surface area contributed by atoms with Gasteiger partial charge in [0.2, 0.25) is 5.91 Å². The van der Waals surface area contributed by atoms with Crippen molar-refractivity contribution in [2.24, 2.45) is 7.05 Å². The minimum absolute atomic E-state index is 0.0514. The number of hydrogen-bond donors (Lipinski definition) is 2. The largest absolute Gasteiger partial charge is 0.496 e. The molecule has 0 spiro atoms. The Labute approximate surface area is 129 Å². The van der Waals surface area contributed by atoms with Crippen LogP contribution in [0.3, 0.4) is 0 Å². The minimum Gasteiger partial charge on any atom is -0.496 e. The second kappa shape index (κ2) is 7.56. The molecule has 2 aromatic rings. The SMILES string of the molecule is COc1ccccc1CNC(=O)CN[C@H](C)c1nncn1C. The first-order chi connectivity index (χ1) is 10.6. The number of aryl methyl sites for hydroxylation is 1. The summed E-state index contributed by atoms with van der Waals surface area (Å²) in [6.45, 7) is 2.59. The van der Waals surface area contributed by atoms with Gasteiger partial charge in [0, 0.05) is 19.2 Å². The molecule has 22 heavy (non-hydrogen) atoms. The molecule has 0 bridgehead atoms. The molecule has 1 amide bonds. The first-order valence-electron chi connectivity index (χ1n) is 7.07. The average molecular weight is 303 g/mol. The molecule has 0 radical (unpaired) electrons. The second-order valence-corrected chi connectivity index (χ2v) is 4.99. The van der Waals surface area contributed by atoms with Crippen molar-refractivity contribution in [1.29, 1.82) is 0 Å². The lowest BCUT2D eigenvalue weighted by molar-refractivity contribution is -0.120. The summed E-state index contributed by atoms with van der Waals surface area (Å²) in [5.41, 5.74) is 0.944. The van der Waals surface area contributed by atoms with Crippen LogP contribution in [0.1, 0.15) is 24.4 Å². The highest BCUT2D eigenvalue weighted by atomic mass is 16.5. The van der Waals surface area contributed by atoms with Gasteiger partial charge in [-0.1, -0.05) is 18.2 Å². The number of nitrogens with one attached hydrogen (secondary N) is 2. The van der Waals surface area contributed by atoms with Crippen LogP contribution < -0.4 is 15.4 Å². The van der Waals surface area contributed by atoms with Gasteiger partial charge >= 0.3 is 0 Å². The van der Waals surface area contributed by atoms with Crippen LogP contribution >= 0.6 is 0 Å². The molecule has 0 aliphatic heterocycles. The lowest BCUT2D eigenvalue weighted by Crippen LogP contribution is -2.35. The van der Waals surface area contributed by atoms with Crippen molar-refractivity contribution >= 4 is 5.91 Å². The average Bonchev–Trinajstić information content (AvgIpc) is 2.97. The Morgan fingerprint density at radius 2 is 2.18 bits per heavy atom. The molecular weight excluding hydrogens is 282 g/mol. The number of nitrogens with zero attached hydrogens (tertiary/aromatic N) is 3. The Morgan fingerprint density at radius 1 is 1.41 bits per heavy atom. The molecule has 0 unspecified atom stereocenters. The molecule has 0 fully saturated rings. The third-order valence-corrected chi connectivity index (χ3v) is 3.37. The predicted molar refractivity (Wildman–Crippen MR) is 82.3 cm³/mol. The van der Waals surface area contributed by atoms with Crippen molar-refractivity contribution in [3.8, 4) is 5.75 Å². The summed E-state index contributed by atoms with van der Waals surface area (Å²) in [7, 11) is 3.49. The molecule has 0 aliphatic rings. The van der Waals surface area contributed by atoms with E-state index in [1.54, 1.807) is 13.4 Å². The summed E-state index contributed by atoms with van der Waals surface area (Å²) in [5.74, 6) is 1.47. The van der Waals surface area contributed by atoms with Gasteiger partial charge in [-0.2, -0.15) is 0 Å². The zero-order valence-corrected chi connectivity index (χ0v) is 13.0. The first kappa shape index (κ1) is 16.0. The maximum atomic E-state index is 11.9. The second-order valence-electron chi connectivity index (χ2n) is 4.99. The van der Waals surface area contributed by atoms with E-state index in [0.29, 0.717) is 6.54 Å². The van der Waals surface area contributed by atoms with E-state index < -0.39 is 0 Å². The number of carbonyl (C=O) groups excluding carboxylic acids is 1. The van der Waals surface area contributed by atoms with Gasteiger partial charge in [0.05, 0.1) is 19.7 Å². The molecule has 118 valence electrons. The normalized spacial score (nSPS) is 12.0. The predicted octanol–water partition coefficient (Wildman–Crippen LogP) is 0.791. The topological polar surface area (TPSA) is 81.1 Å². The molecule has 0 aliphatic carbocycles. The number of para-hydroxylation sites is 1. The van der Waals surface area contributed by atoms with Crippen LogP contribution in [-0.4, -0.2) is 34.3 Å². The quantitative estimate of drug-likeness (QED) is 0.790. The molecule has 7 heteroatoms. The van der Waals surface area contributed by atoms with Crippen LogP contribution in [0.5, 0.6) is 5.75 Å². The van der Waals surface area contributed by atoms with Crippen molar-refractivity contribution in [1.82, 2.24) is 25.4 Å². The Balaban J connectivity index is 1.80. The van der Waals surface area contributed by atoms with Gasteiger partial charge in [0.25, 0.3) is 0 Å². The molecular formula is C15H21N5O2. The van der Waals surface area contributed by atoms with Gasteiger partial charge in [0.15, 0.2) is 0 Å². The van der Waals surface area contributed by atoms with E-state index >= 15 is 0 Å². The van der Waals surface area contributed by atoms with Crippen molar-refractivity contribution in [3.63, 3.8) is 0 Å². The van der Waals surface area contributed by atoms with Gasteiger partial charge in [-0.3, -0.25) is 10.1 Å². The number of carbonyl (C=O) groups is 1. The lowest BCUT2D eigenvalue weighted by atomic mass is 10.2. The van der Waals surface area contributed by atoms with E-state index in [9.17, 15) is 4.79 Å². The molecule has 1 aromatic heterocycles. The van der Waals surface area contributed by atoms with Crippen molar-refractivity contribution in [2.45, 2.75) is 19.5 Å². The van der Waals surface area contributed by atoms with Crippen LogP contribution in [0, 0.1) is 0 Å². The molecule has 1 atom stereocenters. The zero-order valence-electron chi connectivity index (χ0n) is 13.0. The number of rotatable bonds is 7. The lowest BCUT2D eigenvalue weighted by Gasteiger charge is -2.13. The van der Waals surface area contributed by atoms with Gasteiger partial charge in [-0.25, -0.2) is 0 Å². The van der Waals surface area contributed by atoms with E-state index in [-0.39, 0.29) is 18.5 Å². The summed E-state index contributed by atoms with van der Waals surface area (Å²) in [6, 6.07) is 7.56. The molecule has 1 heterocycles. The van der Waals surface area contributed by atoms with Crippen LogP contribution in [-0.2, 0) is 18.4 Å². The fourth-order valence-corrected chi connectivity index (χ4v) is 2.13. The van der Waals surface area contributed by atoms with Crippen molar-refractivity contribution in [3.05, 3.63) is 42.0 Å². The van der Waals surface area contributed by atoms with E-state index in [0.717, 1.165) is 17.1 Å². The van der Waals surface area contributed by atoms with Crippen LogP contribution in [0.4, 0.5) is 0 Å². The summed E-state index contributed by atoms with van der Waals surface area (Å²) < 4.78 is 7.08. The fourth-order valence-electron chi connectivity index (χ4n) is 2.13. The monoisotopic (exact) mass is 303 g/mol. The maximum Gasteiger partial charge on any atom is 0.234 e. The fraction of sp³-hybridized carbons (Fsp3) is 0.400. The number of ether oxygens (including phenoxy) is 1. The third kappa shape index (κ3) is 4.05. The molecule has 2 N–H and O–H groups in total. The number of amides is 1. The maximum absolute atomic E-state index is 11.9. The summed E-state index contributed by atoms with van der Waals surface area (Å²) >= 11 is 0. The third-order valence-electron chi connectivity index (χ3n) is 3.37. The van der Waals surface area contributed by atoms with Crippen LogP contribution in [0.25, 0.3) is 0 Å². The standard InChI is InChI=1S/C15H21N5O2/c1-11(15-19-18-10-20(15)2)16-9-14(21)17-8-12-6-4-5-7-13(12)22-3/h4-7,10-11,16H,8-9H2,1-3H3,(H,17,21)/t11-/m1/s1. The summed E-state index contributed by atoms with van der Waals surface area (Å²) in [6.07, 6.45) is 1.63. The Morgan fingerprint density at radius 3 is 2.86 bits per heavy atom. The number of aromatic nitrogens is 3.